The van der Waals surface area contributed by atoms with Crippen LogP contribution in [0.15, 0.2) is 70.6 Å². The summed E-state index contributed by atoms with van der Waals surface area (Å²) < 4.78 is 25.1. The van der Waals surface area contributed by atoms with Crippen LogP contribution >= 0.6 is 0 Å². The second-order valence-electron chi connectivity index (χ2n) is 4.68. The Kier molecular flexibility index (Phi) is 3.45. The van der Waals surface area contributed by atoms with Crippen molar-refractivity contribution in [2.45, 2.75) is 16.3 Å². The van der Waals surface area contributed by atoms with E-state index in [1.54, 1.807) is 36.4 Å². The Bertz CT molecular complexity index is 891. The first-order valence-corrected chi connectivity index (χ1v) is 7.99. The van der Waals surface area contributed by atoms with E-state index in [0.717, 1.165) is 16.5 Å². The molecule has 0 unspecified atom stereocenters. The van der Waals surface area contributed by atoms with Gasteiger partial charge in [0.15, 0.2) is 0 Å². The first-order chi connectivity index (χ1) is 10.1. The molecule has 0 aliphatic heterocycles. The topological polar surface area (TPSA) is 73.1 Å². The monoisotopic (exact) mass is 298 g/mol. The molecule has 106 valence electrons. The summed E-state index contributed by atoms with van der Waals surface area (Å²) in [7, 11) is -3.54. The van der Waals surface area contributed by atoms with Crippen LogP contribution in [0.3, 0.4) is 0 Å². The minimum atomic E-state index is -3.54. The summed E-state index contributed by atoms with van der Waals surface area (Å²) in [5.74, 6) is 0. The molecule has 3 rings (SSSR count). The Labute approximate surface area is 123 Å². The van der Waals surface area contributed by atoms with Crippen molar-refractivity contribution in [1.29, 1.82) is 0 Å². The van der Waals surface area contributed by atoms with Crippen LogP contribution in [0.5, 0.6) is 0 Å². The molecule has 21 heavy (non-hydrogen) atoms. The quantitative estimate of drug-likeness (QED) is 0.806. The highest BCUT2D eigenvalue weighted by atomic mass is 32.2. The second-order valence-corrected chi connectivity index (χ2v) is 6.63. The number of nitrogens with zero attached hydrogens (tertiary/aromatic N) is 1. The van der Waals surface area contributed by atoms with Crippen LogP contribution in [0.4, 0.5) is 0 Å². The summed E-state index contributed by atoms with van der Waals surface area (Å²) in [4.78, 5) is 4.74. The predicted molar refractivity (Wildman–Crippen MR) is 81.5 cm³/mol. The molecule has 4 nitrogen and oxygen atoms in total. The Balaban J connectivity index is 2.18. The molecule has 5 heteroatoms. The van der Waals surface area contributed by atoms with E-state index in [1.165, 1.54) is 6.20 Å². The van der Waals surface area contributed by atoms with Crippen molar-refractivity contribution >= 4 is 20.7 Å². The van der Waals surface area contributed by atoms with Gasteiger partial charge < -0.3 is 5.73 Å². The van der Waals surface area contributed by atoms with E-state index in [4.69, 9.17) is 5.73 Å². The third-order valence-corrected chi connectivity index (χ3v) is 5.09. The van der Waals surface area contributed by atoms with Gasteiger partial charge in [-0.25, -0.2) is 8.42 Å². The minimum absolute atomic E-state index is 0.190. The highest BCUT2D eigenvalue weighted by molar-refractivity contribution is 7.91. The van der Waals surface area contributed by atoms with Crippen molar-refractivity contribution in [3.63, 3.8) is 0 Å². The largest absolute Gasteiger partial charge is 0.326 e. The number of nitrogens with two attached hydrogens (primary N) is 1. The zero-order chi connectivity index (χ0) is 14.9. The first kappa shape index (κ1) is 13.7. The fourth-order valence-corrected chi connectivity index (χ4v) is 3.51. The van der Waals surface area contributed by atoms with Gasteiger partial charge >= 0.3 is 0 Å². The van der Waals surface area contributed by atoms with Gasteiger partial charge in [0, 0.05) is 18.1 Å². The summed E-state index contributed by atoms with van der Waals surface area (Å²) >= 11 is 0. The van der Waals surface area contributed by atoms with Gasteiger partial charge in [-0.15, -0.1) is 0 Å². The molecular formula is C16H14N2O2S. The lowest BCUT2D eigenvalue weighted by Gasteiger charge is -2.07. The van der Waals surface area contributed by atoms with Crippen LogP contribution in [0.1, 0.15) is 5.56 Å². The van der Waals surface area contributed by atoms with Gasteiger partial charge in [0.1, 0.15) is 0 Å². The maximum atomic E-state index is 12.6. The van der Waals surface area contributed by atoms with Crippen LogP contribution in [0, 0.1) is 0 Å². The van der Waals surface area contributed by atoms with Gasteiger partial charge in [0.05, 0.1) is 15.3 Å². The van der Waals surface area contributed by atoms with Crippen molar-refractivity contribution in [2.24, 2.45) is 5.73 Å². The molecule has 0 fully saturated rings. The molecule has 0 bridgehead atoms. The minimum Gasteiger partial charge on any atom is -0.326 e. The van der Waals surface area contributed by atoms with Crippen LogP contribution in [-0.2, 0) is 16.4 Å². The fourth-order valence-electron chi connectivity index (χ4n) is 2.25. The van der Waals surface area contributed by atoms with Crippen molar-refractivity contribution in [3.05, 3.63) is 66.4 Å². The van der Waals surface area contributed by atoms with E-state index in [1.807, 2.05) is 18.2 Å². The number of benzene rings is 2. The second kappa shape index (κ2) is 5.27. The summed E-state index contributed by atoms with van der Waals surface area (Å²) in [6.07, 6.45) is 1.39. The number of fused-ring (bicyclic) bond motifs is 1. The van der Waals surface area contributed by atoms with Crippen LogP contribution in [-0.4, -0.2) is 13.4 Å². The molecule has 0 aliphatic carbocycles. The van der Waals surface area contributed by atoms with E-state index in [2.05, 4.69) is 4.98 Å². The third kappa shape index (κ3) is 2.41. The molecule has 0 spiro atoms. The molecule has 0 aliphatic rings. The predicted octanol–water partition coefficient (Wildman–Crippen LogP) is 2.53. The van der Waals surface area contributed by atoms with Crippen molar-refractivity contribution in [1.82, 2.24) is 4.98 Å². The summed E-state index contributed by atoms with van der Waals surface area (Å²) in [5, 5.41) is 0.773. The lowest BCUT2D eigenvalue weighted by Crippen LogP contribution is -2.03. The molecule has 0 saturated heterocycles. The SMILES string of the molecule is NCc1cccc2cc(S(=O)(=O)c3ccccc3)cnc12. The van der Waals surface area contributed by atoms with E-state index >= 15 is 0 Å². The normalized spacial score (nSPS) is 11.7. The van der Waals surface area contributed by atoms with E-state index in [-0.39, 0.29) is 9.79 Å². The van der Waals surface area contributed by atoms with Crippen molar-refractivity contribution < 1.29 is 8.42 Å². The summed E-state index contributed by atoms with van der Waals surface area (Å²) in [6, 6.07) is 15.6. The van der Waals surface area contributed by atoms with Crippen molar-refractivity contribution in [3.8, 4) is 0 Å². The molecule has 0 saturated carbocycles. The number of aromatic nitrogens is 1. The molecule has 0 atom stereocenters. The average Bonchev–Trinajstić information content (AvgIpc) is 2.54. The van der Waals surface area contributed by atoms with Gasteiger partial charge in [-0.05, 0) is 23.8 Å². The molecule has 0 radical (unpaired) electrons. The smallest absolute Gasteiger partial charge is 0.208 e. The number of sulfone groups is 1. The molecule has 2 N–H and O–H groups in total. The van der Waals surface area contributed by atoms with Crippen LogP contribution in [0.2, 0.25) is 0 Å². The lowest BCUT2D eigenvalue weighted by molar-refractivity contribution is 0.596. The highest BCUT2D eigenvalue weighted by Gasteiger charge is 2.18. The number of rotatable bonds is 3. The molecule has 3 aromatic rings. The standard InChI is InChI=1S/C16H14N2O2S/c17-10-13-6-4-5-12-9-15(11-18-16(12)13)21(19,20)14-7-2-1-3-8-14/h1-9,11H,10,17H2. The number of para-hydroxylation sites is 1. The molecule has 0 amide bonds. The zero-order valence-electron chi connectivity index (χ0n) is 11.2. The van der Waals surface area contributed by atoms with Gasteiger partial charge in [-0.3, -0.25) is 4.98 Å². The number of hydrogen-bond donors (Lipinski definition) is 1. The maximum Gasteiger partial charge on any atom is 0.208 e. The van der Waals surface area contributed by atoms with E-state index in [0.29, 0.717) is 6.54 Å². The van der Waals surface area contributed by atoms with Crippen LogP contribution in [0.25, 0.3) is 10.9 Å². The molecule has 2 aromatic carbocycles. The summed E-state index contributed by atoms with van der Waals surface area (Å²) in [6.45, 7) is 0.370. The molecule has 1 aromatic heterocycles. The maximum absolute atomic E-state index is 12.6. The Morgan fingerprint density at radius 1 is 0.952 bits per heavy atom. The average molecular weight is 298 g/mol. The first-order valence-electron chi connectivity index (χ1n) is 6.51. The van der Waals surface area contributed by atoms with Gasteiger partial charge in [-0.2, -0.15) is 0 Å². The highest BCUT2D eigenvalue weighted by Crippen LogP contribution is 2.24. The lowest BCUT2D eigenvalue weighted by atomic mass is 10.1. The number of pyridine rings is 1. The molecular weight excluding hydrogens is 284 g/mol. The van der Waals surface area contributed by atoms with Crippen molar-refractivity contribution in [2.75, 3.05) is 0 Å². The van der Waals surface area contributed by atoms with E-state index < -0.39 is 9.84 Å². The Morgan fingerprint density at radius 3 is 2.43 bits per heavy atom. The van der Waals surface area contributed by atoms with Gasteiger partial charge in [-0.1, -0.05) is 36.4 Å². The van der Waals surface area contributed by atoms with Crippen LogP contribution < -0.4 is 5.73 Å². The Hall–Kier alpha value is -2.24. The van der Waals surface area contributed by atoms with Gasteiger partial charge in [0.2, 0.25) is 9.84 Å². The number of hydrogen-bond acceptors (Lipinski definition) is 4. The van der Waals surface area contributed by atoms with Gasteiger partial charge in [0.25, 0.3) is 0 Å². The zero-order valence-corrected chi connectivity index (χ0v) is 12.0. The Morgan fingerprint density at radius 2 is 1.71 bits per heavy atom. The third-order valence-electron chi connectivity index (χ3n) is 3.35. The molecule has 1 heterocycles. The fraction of sp³-hybridized carbons (Fsp3) is 0.0625. The summed E-state index contributed by atoms with van der Waals surface area (Å²) in [5.41, 5.74) is 7.31. The van der Waals surface area contributed by atoms with E-state index in [9.17, 15) is 8.42 Å².